The molecule has 0 aliphatic heterocycles. The smallest absolute Gasteiger partial charge is 0.264 e. The molecule has 130 valence electrons. The van der Waals surface area contributed by atoms with E-state index in [4.69, 9.17) is 0 Å². The van der Waals surface area contributed by atoms with Gasteiger partial charge in [0.15, 0.2) is 9.84 Å². The van der Waals surface area contributed by atoms with Crippen molar-refractivity contribution in [2.45, 2.75) is 17.9 Å². The third-order valence-corrected chi connectivity index (χ3v) is 6.56. The molecule has 1 amide bonds. The minimum Gasteiger partial charge on any atom is -0.334 e. The SMILES string of the molecule is CC(c1ccc(S(C)(=O)=O)cc1)N(C)C(=O)c1cc2ccccc2s1. The van der Waals surface area contributed by atoms with Crippen LogP contribution in [0.15, 0.2) is 59.5 Å². The first-order valence-electron chi connectivity index (χ1n) is 7.83. The first-order chi connectivity index (χ1) is 11.8. The van der Waals surface area contributed by atoms with E-state index >= 15 is 0 Å². The molecule has 0 saturated carbocycles. The number of rotatable bonds is 4. The van der Waals surface area contributed by atoms with Crippen molar-refractivity contribution >= 4 is 37.2 Å². The number of hydrogen-bond acceptors (Lipinski definition) is 4. The summed E-state index contributed by atoms with van der Waals surface area (Å²) in [7, 11) is -1.45. The standard InChI is InChI=1S/C19H19NO3S2/c1-13(14-8-10-16(11-9-14)25(3,22)23)20(2)19(21)18-12-15-6-4-5-7-17(15)24-18/h4-13H,1-3H3. The lowest BCUT2D eigenvalue weighted by atomic mass is 10.1. The van der Waals surface area contributed by atoms with Crippen LogP contribution in [-0.4, -0.2) is 32.5 Å². The molecule has 0 radical (unpaired) electrons. The lowest BCUT2D eigenvalue weighted by Crippen LogP contribution is -2.29. The van der Waals surface area contributed by atoms with Gasteiger partial charge in [-0.05, 0) is 42.1 Å². The Bertz CT molecular complexity index is 987. The molecule has 0 bridgehead atoms. The van der Waals surface area contributed by atoms with Crippen LogP contribution in [0.25, 0.3) is 10.1 Å². The highest BCUT2D eigenvalue weighted by Gasteiger charge is 2.21. The first kappa shape index (κ1) is 17.6. The van der Waals surface area contributed by atoms with Crippen LogP contribution in [0, 0.1) is 0 Å². The molecule has 1 unspecified atom stereocenters. The third-order valence-electron chi connectivity index (χ3n) is 4.33. The molecule has 1 aromatic heterocycles. The maximum absolute atomic E-state index is 12.8. The Hall–Kier alpha value is -2.18. The highest BCUT2D eigenvalue weighted by Crippen LogP contribution is 2.29. The van der Waals surface area contributed by atoms with E-state index in [2.05, 4.69) is 0 Å². The van der Waals surface area contributed by atoms with E-state index in [1.807, 2.05) is 37.3 Å². The van der Waals surface area contributed by atoms with Gasteiger partial charge in [-0.15, -0.1) is 11.3 Å². The van der Waals surface area contributed by atoms with Gasteiger partial charge in [-0.25, -0.2) is 8.42 Å². The maximum atomic E-state index is 12.8. The largest absolute Gasteiger partial charge is 0.334 e. The Balaban J connectivity index is 1.83. The molecular formula is C19H19NO3S2. The summed E-state index contributed by atoms with van der Waals surface area (Å²) in [6.07, 6.45) is 1.18. The zero-order valence-electron chi connectivity index (χ0n) is 14.3. The summed E-state index contributed by atoms with van der Waals surface area (Å²) in [4.78, 5) is 15.5. The molecule has 0 N–H and O–H groups in total. The Morgan fingerprint density at radius 3 is 2.32 bits per heavy atom. The minimum atomic E-state index is -3.22. The van der Waals surface area contributed by atoms with Crippen molar-refractivity contribution in [1.29, 1.82) is 0 Å². The van der Waals surface area contributed by atoms with E-state index in [0.29, 0.717) is 4.88 Å². The van der Waals surface area contributed by atoms with E-state index in [-0.39, 0.29) is 16.8 Å². The normalized spacial score (nSPS) is 12.9. The number of carbonyl (C=O) groups is 1. The second-order valence-electron chi connectivity index (χ2n) is 6.08. The van der Waals surface area contributed by atoms with Gasteiger partial charge in [-0.1, -0.05) is 30.3 Å². The van der Waals surface area contributed by atoms with E-state index in [1.54, 1.807) is 36.2 Å². The molecule has 0 aliphatic rings. The zero-order valence-corrected chi connectivity index (χ0v) is 15.9. The van der Waals surface area contributed by atoms with Crippen molar-refractivity contribution in [1.82, 2.24) is 4.90 Å². The van der Waals surface area contributed by atoms with Gasteiger partial charge in [0.25, 0.3) is 5.91 Å². The van der Waals surface area contributed by atoms with Gasteiger partial charge in [0, 0.05) is 18.0 Å². The lowest BCUT2D eigenvalue weighted by molar-refractivity contribution is 0.0747. The van der Waals surface area contributed by atoms with Gasteiger partial charge in [0.05, 0.1) is 15.8 Å². The molecular weight excluding hydrogens is 354 g/mol. The molecule has 0 spiro atoms. The summed E-state index contributed by atoms with van der Waals surface area (Å²) in [6.45, 7) is 1.93. The molecule has 25 heavy (non-hydrogen) atoms. The third kappa shape index (κ3) is 3.60. The summed E-state index contributed by atoms with van der Waals surface area (Å²) in [5, 5.41) is 1.06. The van der Waals surface area contributed by atoms with Gasteiger partial charge < -0.3 is 4.90 Å². The second-order valence-corrected chi connectivity index (χ2v) is 9.18. The van der Waals surface area contributed by atoms with Crippen LogP contribution in [0.2, 0.25) is 0 Å². The molecule has 6 heteroatoms. The Labute approximate surface area is 151 Å². The molecule has 1 heterocycles. The van der Waals surface area contributed by atoms with Crippen LogP contribution in [0.1, 0.15) is 28.2 Å². The fraction of sp³-hybridized carbons (Fsp3) is 0.211. The maximum Gasteiger partial charge on any atom is 0.264 e. The number of sulfone groups is 1. The minimum absolute atomic E-state index is 0.0408. The average Bonchev–Trinajstić information content (AvgIpc) is 3.03. The zero-order chi connectivity index (χ0) is 18.2. The fourth-order valence-corrected chi connectivity index (χ4v) is 4.33. The van der Waals surface area contributed by atoms with Gasteiger partial charge in [0.2, 0.25) is 0 Å². The van der Waals surface area contributed by atoms with Crippen LogP contribution in [0.5, 0.6) is 0 Å². The van der Waals surface area contributed by atoms with Crippen LogP contribution in [0.4, 0.5) is 0 Å². The Morgan fingerprint density at radius 1 is 1.08 bits per heavy atom. The highest BCUT2D eigenvalue weighted by molar-refractivity contribution is 7.90. The van der Waals surface area contributed by atoms with Crippen molar-refractivity contribution in [3.63, 3.8) is 0 Å². The molecule has 4 nitrogen and oxygen atoms in total. The number of benzene rings is 2. The lowest BCUT2D eigenvalue weighted by Gasteiger charge is -2.25. The number of carbonyl (C=O) groups excluding carboxylic acids is 1. The van der Waals surface area contributed by atoms with Crippen molar-refractivity contribution in [2.75, 3.05) is 13.3 Å². The number of hydrogen-bond donors (Lipinski definition) is 0. The molecule has 0 fully saturated rings. The summed E-state index contributed by atoms with van der Waals surface area (Å²) in [5.74, 6) is -0.0408. The van der Waals surface area contributed by atoms with Crippen LogP contribution >= 0.6 is 11.3 Å². The predicted molar refractivity (Wildman–Crippen MR) is 102 cm³/mol. The van der Waals surface area contributed by atoms with Gasteiger partial charge in [-0.3, -0.25) is 4.79 Å². The summed E-state index contributed by atoms with van der Waals surface area (Å²) in [6, 6.07) is 16.4. The summed E-state index contributed by atoms with van der Waals surface area (Å²) < 4.78 is 24.2. The van der Waals surface area contributed by atoms with E-state index in [0.717, 1.165) is 15.6 Å². The first-order valence-corrected chi connectivity index (χ1v) is 10.5. The van der Waals surface area contributed by atoms with Crippen molar-refractivity contribution in [2.24, 2.45) is 0 Å². The second kappa shape index (κ2) is 6.61. The van der Waals surface area contributed by atoms with Crippen molar-refractivity contribution in [3.8, 4) is 0 Å². The number of fused-ring (bicyclic) bond motifs is 1. The van der Waals surface area contributed by atoms with E-state index < -0.39 is 9.84 Å². The van der Waals surface area contributed by atoms with Gasteiger partial charge in [-0.2, -0.15) is 0 Å². The van der Waals surface area contributed by atoms with E-state index in [1.165, 1.54) is 17.6 Å². The topological polar surface area (TPSA) is 54.5 Å². The Kier molecular flexibility index (Phi) is 4.67. The Morgan fingerprint density at radius 2 is 1.72 bits per heavy atom. The van der Waals surface area contributed by atoms with Crippen LogP contribution in [0.3, 0.4) is 0 Å². The molecule has 2 aromatic carbocycles. The van der Waals surface area contributed by atoms with E-state index in [9.17, 15) is 13.2 Å². The molecule has 1 atom stereocenters. The van der Waals surface area contributed by atoms with Crippen LogP contribution in [-0.2, 0) is 9.84 Å². The van der Waals surface area contributed by atoms with Crippen molar-refractivity contribution < 1.29 is 13.2 Å². The van der Waals surface area contributed by atoms with Gasteiger partial charge >= 0.3 is 0 Å². The predicted octanol–water partition coefficient (Wildman–Crippen LogP) is 4.14. The molecule has 0 saturated heterocycles. The summed E-state index contributed by atoms with van der Waals surface area (Å²) >= 11 is 1.48. The molecule has 3 aromatic rings. The van der Waals surface area contributed by atoms with Gasteiger partial charge in [0.1, 0.15) is 0 Å². The quantitative estimate of drug-likeness (QED) is 0.691. The molecule has 0 aliphatic carbocycles. The monoisotopic (exact) mass is 373 g/mol. The number of thiophene rings is 1. The summed E-state index contributed by atoms with van der Waals surface area (Å²) in [5.41, 5.74) is 0.893. The number of nitrogens with zero attached hydrogens (tertiary/aromatic N) is 1. The molecule has 3 rings (SSSR count). The van der Waals surface area contributed by atoms with Crippen molar-refractivity contribution in [3.05, 3.63) is 65.0 Å². The average molecular weight is 373 g/mol. The number of amides is 1. The fourth-order valence-electron chi connectivity index (χ4n) is 2.65. The van der Waals surface area contributed by atoms with Crippen LogP contribution < -0.4 is 0 Å². The highest BCUT2D eigenvalue weighted by atomic mass is 32.2.